The van der Waals surface area contributed by atoms with Gasteiger partial charge in [-0.15, -0.1) is 0 Å². The maximum Gasteiger partial charge on any atom is 0.0896 e. The van der Waals surface area contributed by atoms with Gasteiger partial charge < -0.3 is 26.7 Å². The summed E-state index contributed by atoms with van der Waals surface area (Å²) < 4.78 is 11.6. The average Bonchev–Trinajstić information content (AvgIpc) is 2.26. The summed E-state index contributed by atoms with van der Waals surface area (Å²) in [6.07, 6.45) is 0. The zero-order valence-electron chi connectivity index (χ0n) is 12.7. The minimum absolute atomic E-state index is 0.281. The van der Waals surface area contributed by atoms with Gasteiger partial charge in [0.25, 0.3) is 0 Å². The van der Waals surface area contributed by atoms with Gasteiger partial charge in [-0.3, -0.25) is 0 Å². The molecule has 18 heavy (non-hydrogen) atoms. The molecule has 0 radical (unpaired) electrons. The molecule has 0 rings (SSSR count). The predicted octanol–water partition coefficient (Wildman–Crippen LogP) is 0.600. The molecule has 0 heterocycles. The Morgan fingerprint density at radius 1 is 0.944 bits per heavy atom. The Morgan fingerprint density at radius 2 is 1.28 bits per heavy atom. The van der Waals surface area contributed by atoms with Crippen LogP contribution >= 0.6 is 0 Å². The lowest BCUT2D eigenvalue weighted by molar-refractivity contribution is -0.169. The number of hydrogen-bond donors (Lipinski definition) is 3. The maximum atomic E-state index is 6.62. The predicted molar refractivity (Wildman–Crippen MR) is 75.4 cm³/mol. The summed E-state index contributed by atoms with van der Waals surface area (Å²) in [5, 5.41) is 0. The molecule has 0 aromatic carbocycles. The van der Waals surface area contributed by atoms with Crippen molar-refractivity contribution in [2.75, 3.05) is 19.8 Å². The minimum Gasteiger partial charge on any atom is -0.374 e. The van der Waals surface area contributed by atoms with Crippen molar-refractivity contribution in [1.82, 2.24) is 0 Å². The normalized spacial score (nSPS) is 15.8. The number of ether oxygens (including phenoxy) is 2. The largest absolute Gasteiger partial charge is 0.374 e. The van der Waals surface area contributed by atoms with Gasteiger partial charge in [0.15, 0.2) is 0 Å². The van der Waals surface area contributed by atoms with Crippen LogP contribution in [0.2, 0.25) is 0 Å². The zero-order valence-corrected chi connectivity index (χ0v) is 12.7. The third-order valence-electron chi connectivity index (χ3n) is 3.84. The van der Waals surface area contributed by atoms with Crippen molar-refractivity contribution >= 4 is 0 Å². The van der Waals surface area contributed by atoms with Crippen molar-refractivity contribution in [3.05, 3.63) is 0 Å². The van der Waals surface area contributed by atoms with E-state index in [4.69, 9.17) is 26.7 Å². The van der Waals surface area contributed by atoms with Crippen LogP contribution in [0.4, 0.5) is 0 Å². The van der Waals surface area contributed by atoms with Gasteiger partial charge in [0.05, 0.1) is 16.7 Å². The van der Waals surface area contributed by atoms with Gasteiger partial charge in [-0.05, 0) is 41.5 Å². The Balaban J connectivity index is 5.57. The number of rotatable bonds is 8. The van der Waals surface area contributed by atoms with E-state index < -0.39 is 22.8 Å². The summed E-state index contributed by atoms with van der Waals surface area (Å²) in [5.41, 5.74) is 16.4. The van der Waals surface area contributed by atoms with Gasteiger partial charge in [0, 0.05) is 25.8 Å². The molecular formula is C13H31N3O2. The van der Waals surface area contributed by atoms with Crippen LogP contribution in [0.25, 0.3) is 0 Å². The highest BCUT2D eigenvalue weighted by Crippen LogP contribution is 2.37. The van der Waals surface area contributed by atoms with Crippen molar-refractivity contribution in [2.24, 2.45) is 17.2 Å². The van der Waals surface area contributed by atoms with Gasteiger partial charge in [-0.25, -0.2) is 0 Å². The van der Waals surface area contributed by atoms with E-state index in [0.717, 1.165) is 0 Å². The van der Waals surface area contributed by atoms with E-state index in [1.54, 1.807) is 0 Å². The van der Waals surface area contributed by atoms with Gasteiger partial charge in [-0.2, -0.15) is 0 Å². The van der Waals surface area contributed by atoms with Gasteiger partial charge in [0.2, 0.25) is 0 Å². The molecule has 0 saturated carbocycles. The Kier molecular flexibility index (Phi) is 6.23. The molecule has 5 heteroatoms. The third kappa shape index (κ3) is 3.03. The highest BCUT2D eigenvalue weighted by molar-refractivity contribution is 5.16. The fourth-order valence-corrected chi connectivity index (χ4v) is 2.76. The minimum atomic E-state index is -0.888. The quantitative estimate of drug-likeness (QED) is 0.594. The van der Waals surface area contributed by atoms with Crippen LogP contribution in [0, 0.1) is 0 Å². The Hall–Kier alpha value is -0.200. The van der Waals surface area contributed by atoms with E-state index in [2.05, 4.69) is 0 Å². The van der Waals surface area contributed by atoms with Crippen molar-refractivity contribution in [3.8, 4) is 0 Å². The second kappa shape index (κ2) is 6.30. The van der Waals surface area contributed by atoms with Crippen LogP contribution in [-0.4, -0.2) is 42.5 Å². The summed E-state index contributed by atoms with van der Waals surface area (Å²) in [7, 11) is 0. The fourth-order valence-electron chi connectivity index (χ4n) is 2.76. The monoisotopic (exact) mass is 261 g/mol. The molecule has 0 bridgehead atoms. The first-order valence-corrected chi connectivity index (χ1v) is 6.63. The standard InChI is InChI=1S/C13H31N3O2/c1-7-17-11(3,4)13(16,10(15)9-14)12(5,6)18-8-2/h10H,7-9,14-16H2,1-6H3. The number of hydrogen-bond acceptors (Lipinski definition) is 5. The van der Waals surface area contributed by atoms with Crippen LogP contribution < -0.4 is 17.2 Å². The second-order valence-corrected chi connectivity index (χ2v) is 5.60. The summed E-state index contributed by atoms with van der Waals surface area (Å²) in [5.74, 6) is 0. The first kappa shape index (κ1) is 17.8. The molecule has 1 atom stereocenters. The molecule has 1 unspecified atom stereocenters. The molecule has 0 amide bonds. The molecule has 5 nitrogen and oxygen atoms in total. The highest BCUT2D eigenvalue weighted by Gasteiger charge is 2.57. The molecule has 6 N–H and O–H groups in total. The van der Waals surface area contributed by atoms with Gasteiger partial charge in [0.1, 0.15) is 0 Å². The molecule has 110 valence electrons. The molecule has 0 aromatic rings. The lowest BCUT2D eigenvalue weighted by Gasteiger charge is -2.55. The molecule has 0 aliphatic carbocycles. The summed E-state index contributed by atoms with van der Waals surface area (Å²) in [6.45, 7) is 13.0. The lowest BCUT2D eigenvalue weighted by Crippen LogP contribution is -2.79. The topological polar surface area (TPSA) is 96.5 Å². The van der Waals surface area contributed by atoms with Crippen LogP contribution in [0.15, 0.2) is 0 Å². The molecule has 0 saturated heterocycles. The summed E-state index contributed by atoms with van der Waals surface area (Å²) in [6, 6.07) is -0.416. The SMILES string of the molecule is CCOC(C)(C)C(N)(C(N)CN)C(C)(C)OCC. The zero-order chi connectivity index (χ0) is 14.6. The average molecular weight is 261 g/mol. The number of nitrogens with two attached hydrogens (primary N) is 3. The van der Waals surface area contributed by atoms with Crippen molar-refractivity contribution < 1.29 is 9.47 Å². The van der Waals surface area contributed by atoms with E-state index >= 15 is 0 Å². The van der Waals surface area contributed by atoms with Gasteiger partial charge in [-0.1, -0.05) is 0 Å². The van der Waals surface area contributed by atoms with E-state index in [1.165, 1.54) is 0 Å². The molecular weight excluding hydrogens is 230 g/mol. The van der Waals surface area contributed by atoms with Gasteiger partial charge >= 0.3 is 0 Å². The van der Waals surface area contributed by atoms with Crippen molar-refractivity contribution in [3.63, 3.8) is 0 Å². The summed E-state index contributed by atoms with van der Waals surface area (Å²) >= 11 is 0. The van der Waals surface area contributed by atoms with E-state index in [0.29, 0.717) is 13.2 Å². The first-order valence-electron chi connectivity index (χ1n) is 6.63. The van der Waals surface area contributed by atoms with E-state index in [9.17, 15) is 0 Å². The third-order valence-corrected chi connectivity index (χ3v) is 3.84. The molecule has 0 aliphatic rings. The second-order valence-electron chi connectivity index (χ2n) is 5.60. The Labute approximate surface area is 111 Å². The van der Waals surface area contributed by atoms with Crippen molar-refractivity contribution in [1.29, 1.82) is 0 Å². The Morgan fingerprint density at radius 3 is 1.50 bits per heavy atom. The van der Waals surface area contributed by atoms with Crippen LogP contribution in [0.1, 0.15) is 41.5 Å². The molecule has 0 spiro atoms. The van der Waals surface area contributed by atoms with E-state index in [1.807, 2.05) is 41.5 Å². The Bertz CT molecular complexity index is 237. The van der Waals surface area contributed by atoms with Crippen LogP contribution in [-0.2, 0) is 9.47 Å². The maximum absolute atomic E-state index is 6.62. The van der Waals surface area contributed by atoms with E-state index in [-0.39, 0.29) is 6.54 Å². The molecule has 0 aliphatic heterocycles. The first-order chi connectivity index (χ1) is 8.10. The fraction of sp³-hybridized carbons (Fsp3) is 1.00. The summed E-state index contributed by atoms with van der Waals surface area (Å²) in [4.78, 5) is 0. The molecule has 0 fully saturated rings. The van der Waals surface area contributed by atoms with Crippen LogP contribution in [0.3, 0.4) is 0 Å². The highest BCUT2D eigenvalue weighted by atomic mass is 16.5. The molecule has 0 aromatic heterocycles. The smallest absolute Gasteiger partial charge is 0.0896 e. The lowest BCUT2D eigenvalue weighted by atomic mass is 9.66. The van der Waals surface area contributed by atoms with Crippen molar-refractivity contribution in [2.45, 2.75) is 64.3 Å². The van der Waals surface area contributed by atoms with Crippen LogP contribution in [0.5, 0.6) is 0 Å².